The van der Waals surface area contributed by atoms with E-state index in [0.717, 1.165) is 19.1 Å². The zero-order valence-electron chi connectivity index (χ0n) is 9.05. The van der Waals surface area contributed by atoms with Crippen LogP contribution < -0.4 is 0 Å². The summed E-state index contributed by atoms with van der Waals surface area (Å²) in [5.41, 5.74) is 1.03. The summed E-state index contributed by atoms with van der Waals surface area (Å²) in [5.74, 6) is 0.521. The van der Waals surface area contributed by atoms with Crippen molar-refractivity contribution in [2.24, 2.45) is 0 Å². The molecule has 3 heterocycles. The molecule has 5 nitrogen and oxygen atoms in total. The molecule has 0 spiro atoms. The Kier molecular flexibility index (Phi) is 3.33. The summed E-state index contributed by atoms with van der Waals surface area (Å²) < 4.78 is 2.07. The molecule has 1 N–H and O–H groups in total. The van der Waals surface area contributed by atoms with Crippen molar-refractivity contribution in [3.8, 4) is 10.7 Å². The summed E-state index contributed by atoms with van der Waals surface area (Å²) in [5, 5.41) is 16.5. The maximum absolute atomic E-state index is 6.17. The first kappa shape index (κ1) is 12.1. The Bertz CT molecular complexity index is 660. The number of tetrazole rings is 1. The van der Waals surface area contributed by atoms with Crippen molar-refractivity contribution in [3.63, 3.8) is 0 Å². The number of aromatic nitrogens is 5. The number of halogens is 1. The average molecular weight is 316 g/mol. The smallest absolute Gasteiger partial charge is 0.216 e. The van der Waals surface area contributed by atoms with Gasteiger partial charge in [0.05, 0.1) is 14.1 Å². The molecule has 0 unspecified atom stereocenters. The van der Waals surface area contributed by atoms with Gasteiger partial charge in [-0.25, -0.2) is 4.98 Å². The lowest BCUT2D eigenvalue weighted by Gasteiger charge is -1.89. The van der Waals surface area contributed by atoms with Gasteiger partial charge in [-0.1, -0.05) is 11.6 Å². The topological polar surface area (TPSA) is 67.3 Å². The summed E-state index contributed by atoms with van der Waals surface area (Å²) in [6.07, 6.45) is 0. The quantitative estimate of drug-likeness (QED) is 0.801. The molecule has 0 atom stereocenters. The van der Waals surface area contributed by atoms with Crippen LogP contribution in [0, 0.1) is 6.92 Å². The Morgan fingerprint density at radius 1 is 1.44 bits per heavy atom. The Morgan fingerprint density at radius 2 is 2.33 bits per heavy atom. The number of nitrogens with zero attached hydrogens (tertiary/aromatic N) is 4. The summed E-state index contributed by atoms with van der Waals surface area (Å²) in [7, 11) is 0. The Morgan fingerprint density at radius 3 is 3.00 bits per heavy atom. The van der Waals surface area contributed by atoms with Crippen LogP contribution in [0.1, 0.15) is 5.69 Å². The van der Waals surface area contributed by atoms with Gasteiger partial charge >= 0.3 is 0 Å². The summed E-state index contributed by atoms with van der Waals surface area (Å²) >= 11 is 10.9. The second-order valence-corrected chi connectivity index (χ2v) is 7.20. The van der Waals surface area contributed by atoms with Gasteiger partial charge in [0.25, 0.3) is 0 Å². The summed E-state index contributed by atoms with van der Waals surface area (Å²) in [6.45, 7) is 1.98. The van der Waals surface area contributed by atoms with Crippen LogP contribution in [0.3, 0.4) is 0 Å². The molecule has 9 heteroatoms. The van der Waals surface area contributed by atoms with Gasteiger partial charge in [-0.3, -0.25) is 0 Å². The minimum Gasteiger partial charge on any atom is -0.235 e. The maximum Gasteiger partial charge on any atom is 0.216 e. The predicted molar refractivity (Wildman–Crippen MR) is 73.5 cm³/mol. The van der Waals surface area contributed by atoms with Crippen LogP contribution in [0.15, 0.2) is 20.0 Å². The van der Waals surface area contributed by atoms with Crippen molar-refractivity contribution >= 4 is 46.0 Å². The Labute approximate surface area is 120 Å². The van der Waals surface area contributed by atoms with Gasteiger partial charge in [0, 0.05) is 11.1 Å². The zero-order valence-corrected chi connectivity index (χ0v) is 12.3. The van der Waals surface area contributed by atoms with Crippen molar-refractivity contribution in [2.75, 3.05) is 0 Å². The molecule has 0 aliphatic rings. The van der Waals surface area contributed by atoms with Crippen molar-refractivity contribution in [1.29, 1.82) is 0 Å². The largest absolute Gasteiger partial charge is 0.235 e. The second kappa shape index (κ2) is 4.96. The third-order valence-corrected chi connectivity index (χ3v) is 5.71. The second-order valence-electron chi connectivity index (χ2n) is 3.33. The number of thiazole rings is 1. The number of thiophene rings is 1. The third-order valence-electron chi connectivity index (χ3n) is 2.00. The molecule has 0 aliphatic heterocycles. The molecule has 18 heavy (non-hydrogen) atoms. The van der Waals surface area contributed by atoms with Crippen LogP contribution in [-0.2, 0) is 0 Å². The number of hydrogen-bond donors (Lipinski definition) is 1. The zero-order chi connectivity index (χ0) is 12.5. The van der Waals surface area contributed by atoms with Crippen molar-refractivity contribution < 1.29 is 0 Å². The average Bonchev–Trinajstić information content (AvgIpc) is 3.01. The Hall–Kier alpha value is -0.960. The molecule has 3 aromatic rings. The molecule has 0 saturated heterocycles. The molecule has 0 bridgehead atoms. The first-order valence-corrected chi connectivity index (χ1v) is 7.74. The Balaban J connectivity index is 1.88. The summed E-state index contributed by atoms with van der Waals surface area (Å²) in [4.78, 5) is 5.22. The van der Waals surface area contributed by atoms with Gasteiger partial charge in [0.1, 0.15) is 0 Å². The minimum absolute atomic E-state index is 0.521. The van der Waals surface area contributed by atoms with E-state index in [-0.39, 0.29) is 0 Å². The van der Waals surface area contributed by atoms with Crippen molar-refractivity contribution in [3.05, 3.63) is 22.2 Å². The molecule has 0 saturated carbocycles. The number of hydrogen-bond acceptors (Lipinski definition) is 7. The highest BCUT2D eigenvalue weighted by Gasteiger charge is 2.14. The number of aromatic amines is 1. The first-order valence-electron chi connectivity index (χ1n) is 4.85. The van der Waals surface area contributed by atoms with Crippen molar-refractivity contribution in [1.82, 2.24) is 25.6 Å². The molecule has 3 aromatic heterocycles. The van der Waals surface area contributed by atoms with Crippen LogP contribution in [0.5, 0.6) is 0 Å². The van der Waals surface area contributed by atoms with E-state index in [1.807, 2.05) is 18.4 Å². The molecular formula is C9H6ClN5S3. The third kappa shape index (κ3) is 2.41. The van der Waals surface area contributed by atoms with Gasteiger partial charge in [-0.15, -0.1) is 32.9 Å². The van der Waals surface area contributed by atoms with Gasteiger partial charge in [0.15, 0.2) is 4.34 Å². The predicted octanol–water partition coefficient (Wildman–Crippen LogP) is 3.50. The maximum atomic E-state index is 6.17. The van der Waals surface area contributed by atoms with Gasteiger partial charge in [-0.2, -0.15) is 5.21 Å². The van der Waals surface area contributed by atoms with E-state index in [2.05, 4.69) is 25.6 Å². The molecular weight excluding hydrogens is 310 g/mol. The number of aryl methyl sites for hydroxylation is 1. The van der Waals surface area contributed by atoms with E-state index >= 15 is 0 Å². The van der Waals surface area contributed by atoms with E-state index in [0.29, 0.717) is 10.8 Å². The lowest BCUT2D eigenvalue weighted by atomic mass is 10.4. The fraction of sp³-hybridized carbons (Fsp3) is 0.111. The molecule has 0 aromatic carbocycles. The molecule has 0 aliphatic carbocycles. The lowest BCUT2D eigenvalue weighted by Crippen LogP contribution is -1.75. The fourth-order valence-electron chi connectivity index (χ4n) is 1.27. The first-order chi connectivity index (χ1) is 8.72. The highest BCUT2D eigenvalue weighted by Crippen LogP contribution is 2.42. The molecule has 0 amide bonds. The normalized spacial score (nSPS) is 11.0. The summed E-state index contributed by atoms with van der Waals surface area (Å²) in [6, 6.07) is 1.90. The van der Waals surface area contributed by atoms with Crippen LogP contribution >= 0.6 is 46.0 Å². The van der Waals surface area contributed by atoms with Gasteiger partial charge in [-0.05, 0) is 30.0 Å². The lowest BCUT2D eigenvalue weighted by molar-refractivity contribution is 0.881. The van der Waals surface area contributed by atoms with E-state index < -0.39 is 0 Å². The number of H-pyrrole nitrogens is 1. The van der Waals surface area contributed by atoms with Crippen LogP contribution in [0.4, 0.5) is 0 Å². The molecule has 0 radical (unpaired) electrons. The van der Waals surface area contributed by atoms with E-state index in [4.69, 9.17) is 11.6 Å². The SMILES string of the molecule is Cc1csc(Sc2cc(Cl)c(-c3nn[nH]n3)s2)n1. The van der Waals surface area contributed by atoms with Crippen LogP contribution in [0.2, 0.25) is 5.02 Å². The van der Waals surface area contributed by atoms with Gasteiger partial charge < -0.3 is 0 Å². The van der Waals surface area contributed by atoms with E-state index in [9.17, 15) is 0 Å². The van der Waals surface area contributed by atoms with E-state index in [1.54, 1.807) is 23.1 Å². The van der Waals surface area contributed by atoms with E-state index in [1.165, 1.54) is 11.3 Å². The minimum atomic E-state index is 0.521. The molecule has 0 fully saturated rings. The fourth-order valence-corrected chi connectivity index (χ4v) is 4.90. The van der Waals surface area contributed by atoms with Crippen LogP contribution in [-0.4, -0.2) is 25.6 Å². The number of nitrogens with one attached hydrogen (secondary N) is 1. The molecule has 3 rings (SSSR count). The van der Waals surface area contributed by atoms with Crippen molar-refractivity contribution in [2.45, 2.75) is 15.5 Å². The van der Waals surface area contributed by atoms with Gasteiger partial charge in [0.2, 0.25) is 5.82 Å². The highest BCUT2D eigenvalue weighted by molar-refractivity contribution is 8.02. The number of rotatable bonds is 3. The standard InChI is InChI=1S/C9H6ClN5S3/c1-4-3-16-9(11-4)18-6-2-5(10)7(17-6)8-12-14-15-13-8/h2-3H,1H3,(H,12,13,14,15). The molecule has 92 valence electrons. The highest BCUT2D eigenvalue weighted by atomic mass is 35.5. The van der Waals surface area contributed by atoms with Crippen LogP contribution in [0.25, 0.3) is 10.7 Å². The monoisotopic (exact) mass is 315 g/mol.